The number of amides is 1. The van der Waals surface area contributed by atoms with Gasteiger partial charge in [-0.05, 0) is 26.7 Å². The summed E-state index contributed by atoms with van der Waals surface area (Å²) in [4.78, 5) is 17.5. The summed E-state index contributed by atoms with van der Waals surface area (Å²) >= 11 is 0. The number of pyridine rings is 1. The molecule has 0 fully saturated rings. The maximum atomic E-state index is 11.6. The average molecular weight is 246 g/mol. The molecule has 0 radical (unpaired) electrons. The molecule has 0 aromatic carbocycles. The number of nitrogens with zero attached hydrogens (tertiary/aromatic N) is 2. The van der Waals surface area contributed by atoms with E-state index in [4.69, 9.17) is 4.74 Å². The number of rotatable bonds is 3. The molecule has 1 heterocycles. The van der Waals surface area contributed by atoms with E-state index >= 15 is 0 Å². The molecule has 0 spiro atoms. The lowest BCUT2D eigenvalue weighted by molar-refractivity contribution is -0.124. The second kappa shape index (κ2) is 6.06. The van der Waals surface area contributed by atoms with E-state index in [1.165, 1.54) is 0 Å². The van der Waals surface area contributed by atoms with Crippen LogP contribution in [-0.4, -0.2) is 29.9 Å². The van der Waals surface area contributed by atoms with E-state index in [0.717, 1.165) is 22.6 Å². The minimum Gasteiger partial charge on any atom is -0.496 e. The van der Waals surface area contributed by atoms with Crippen molar-refractivity contribution in [1.82, 2.24) is 9.88 Å². The lowest BCUT2D eigenvalue weighted by Crippen LogP contribution is -2.25. The molecule has 0 unspecified atom stereocenters. The summed E-state index contributed by atoms with van der Waals surface area (Å²) in [5, 5.41) is 0. The molecule has 18 heavy (non-hydrogen) atoms. The van der Waals surface area contributed by atoms with Crippen LogP contribution >= 0.6 is 0 Å². The fourth-order valence-electron chi connectivity index (χ4n) is 1.73. The third-order valence-electron chi connectivity index (χ3n) is 2.72. The zero-order valence-electron chi connectivity index (χ0n) is 11.5. The van der Waals surface area contributed by atoms with Gasteiger partial charge in [-0.1, -0.05) is 5.92 Å². The predicted octanol–water partition coefficient (Wildman–Crippen LogP) is 1.69. The second-order valence-electron chi connectivity index (χ2n) is 4.08. The molecule has 0 aliphatic rings. The van der Waals surface area contributed by atoms with Crippen LogP contribution in [0.5, 0.6) is 5.75 Å². The Morgan fingerprint density at radius 2 is 2.17 bits per heavy atom. The third-order valence-corrected chi connectivity index (χ3v) is 2.72. The zero-order valence-corrected chi connectivity index (χ0v) is 11.5. The van der Waals surface area contributed by atoms with Crippen LogP contribution in [0.3, 0.4) is 0 Å². The molecule has 1 rings (SSSR count). The van der Waals surface area contributed by atoms with E-state index in [-0.39, 0.29) is 5.91 Å². The Kier molecular flexibility index (Phi) is 4.73. The molecule has 0 atom stereocenters. The molecule has 1 amide bonds. The maximum Gasteiger partial charge on any atom is 0.298 e. The lowest BCUT2D eigenvalue weighted by Gasteiger charge is -2.17. The van der Waals surface area contributed by atoms with Gasteiger partial charge >= 0.3 is 0 Å². The highest BCUT2D eigenvalue weighted by atomic mass is 16.5. The SMILES string of the molecule is CC#CC(=O)N(C)Cc1ncc(C)c(OC)c1C. The normalized spacial score (nSPS) is 9.39. The fourth-order valence-corrected chi connectivity index (χ4v) is 1.73. The number of carbonyl (C=O) groups excluding carboxylic acids is 1. The molecule has 0 saturated heterocycles. The Morgan fingerprint density at radius 3 is 2.72 bits per heavy atom. The Bertz CT molecular complexity index is 513. The van der Waals surface area contributed by atoms with Crippen LogP contribution in [0.15, 0.2) is 6.20 Å². The van der Waals surface area contributed by atoms with E-state index in [1.54, 1.807) is 32.2 Å². The Hall–Kier alpha value is -2.02. The summed E-state index contributed by atoms with van der Waals surface area (Å²) in [6.45, 7) is 5.96. The van der Waals surface area contributed by atoms with Crippen molar-refractivity contribution in [2.75, 3.05) is 14.2 Å². The minimum atomic E-state index is -0.210. The van der Waals surface area contributed by atoms with Gasteiger partial charge in [0, 0.05) is 24.4 Å². The molecule has 0 bridgehead atoms. The molecule has 4 nitrogen and oxygen atoms in total. The largest absolute Gasteiger partial charge is 0.496 e. The van der Waals surface area contributed by atoms with Gasteiger partial charge in [0.05, 0.1) is 19.3 Å². The first-order chi connectivity index (χ1) is 8.51. The second-order valence-corrected chi connectivity index (χ2v) is 4.08. The van der Waals surface area contributed by atoms with E-state index in [0.29, 0.717) is 6.54 Å². The number of hydrogen-bond acceptors (Lipinski definition) is 3. The van der Waals surface area contributed by atoms with E-state index in [2.05, 4.69) is 16.8 Å². The van der Waals surface area contributed by atoms with E-state index in [9.17, 15) is 4.79 Å². The lowest BCUT2D eigenvalue weighted by atomic mass is 10.1. The summed E-state index contributed by atoms with van der Waals surface area (Å²) in [5.41, 5.74) is 2.77. The van der Waals surface area contributed by atoms with Gasteiger partial charge < -0.3 is 9.64 Å². The zero-order chi connectivity index (χ0) is 13.7. The number of aromatic nitrogens is 1. The summed E-state index contributed by atoms with van der Waals surface area (Å²) in [6, 6.07) is 0. The van der Waals surface area contributed by atoms with Gasteiger partial charge in [0.1, 0.15) is 5.75 Å². The first kappa shape index (κ1) is 14.0. The first-order valence-electron chi connectivity index (χ1n) is 5.68. The van der Waals surface area contributed by atoms with Gasteiger partial charge in [-0.2, -0.15) is 0 Å². The van der Waals surface area contributed by atoms with Gasteiger partial charge in [-0.25, -0.2) is 0 Å². The molecule has 96 valence electrons. The van der Waals surface area contributed by atoms with Gasteiger partial charge in [-0.3, -0.25) is 9.78 Å². The van der Waals surface area contributed by atoms with E-state index < -0.39 is 0 Å². The molecule has 0 aliphatic heterocycles. The van der Waals surface area contributed by atoms with Gasteiger partial charge in [0.15, 0.2) is 0 Å². The third kappa shape index (κ3) is 3.01. The molecule has 0 aliphatic carbocycles. The van der Waals surface area contributed by atoms with Crippen LogP contribution in [0.1, 0.15) is 23.7 Å². The first-order valence-corrected chi connectivity index (χ1v) is 5.68. The minimum absolute atomic E-state index is 0.210. The number of ether oxygens (including phenoxy) is 1. The van der Waals surface area contributed by atoms with Crippen LogP contribution in [-0.2, 0) is 11.3 Å². The Balaban J connectivity index is 2.97. The highest BCUT2D eigenvalue weighted by molar-refractivity contribution is 5.93. The highest BCUT2D eigenvalue weighted by Gasteiger charge is 2.13. The van der Waals surface area contributed by atoms with Crippen LogP contribution in [0.4, 0.5) is 0 Å². The number of aryl methyl sites for hydroxylation is 1. The van der Waals surface area contributed by atoms with Crippen molar-refractivity contribution < 1.29 is 9.53 Å². The van der Waals surface area contributed by atoms with Crippen LogP contribution in [0, 0.1) is 25.7 Å². The highest BCUT2D eigenvalue weighted by Crippen LogP contribution is 2.24. The molecule has 0 N–H and O–H groups in total. The Labute approximate surface area is 108 Å². The maximum absolute atomic E-state index is 11.6. The van der Waals surface area contributed by atoms with E-state index in [1.807, 2.05) is 13.8 Å². The van der Waals surface area contributed by atoms with Crippen molar-refractivity contribution in [3.8, 4) is 17.6 Å². The van der Waals surface area contributed by atoms with Crippen LogP contribution in [0.2, 0.25) is 0 Å². The van der Waals surface area contributed by atoms with Crippen molar-refractivity contribution in [1.29, 1.82) is 0 Å². The van der Waals surface area contributed by atoms with Crippen molar-refractivity contribution in [2.45, 2.75) is 27.3 Å². The van der Waals surface area contributed by atoms with Gasteiger partial charge in [0.2, 0.25) is 0 Å². The smallest absolute Gasteiger partial charge is 0.298 e. The number of hydrogen-bond donors (Lipinski definition) is 0. The number of carbonyl (C=O) groups is 1. The quantitative estimate of drug-likeness (QED) is 0.762. The standard InChI is InChI=1S/C14H18N2O2/c1-6-7-13(17)16(4)9-12-11(3)14(18-5)10(2)8-15-12/h8H,9H2,1-5H3. The van der Waals surface area contributed by atoms with Gasteiger partial charge in [0.25, 0.3) is 5.91 Å². The molecular formula is C14H18N2O2. The van der Waals surface area contributed by atoms with Gasteiger partial charge in [-0.15, -0.1) is 0 Å². The average Bonchev–Trinajstić information content (AvgIpc) is 2.33. The predicted molar refractivity (Wildman–Crippen MR) is 70.2 cm³/mol. The summed E-state index contributed by atoms with van der Waals surface area (Å²) in [5.74, 6) is 5.71. The van der Waals surface area contributed by atoms with Crippen molar-refractivity contribution >= 4 is 5.91 Å². The molecule has 4 heteroatoms. The van der Waals surface area contributed by atoms with Crippen molar-refractivity contribution in [3.05, 3.63) is 23.0 Å². The summed E-state index contributed by atoms with van der Waals surface area (Å²) in [6.07, 6.45) is 1.75. The van der Waals surface area contributed by atoms with Crippen LogP contribution in [0.25, 0.3) is 0 Å². The molecule has 0 saturated carbocycles. The topological polar surface area (TPSA) is 42.4 Å². The summed E-state index contributed by atoms with van der Waals surface area (Å²) in [7, 11) is 3.34. The molecule has 1 aromatic heterocycles. The fraction of sp³-hybridized carbons (Fsp3) is 0.429. The van der Waals surface area contributed by atoms with Crippen LogP contribution < -0.4 is 4.74 Å². The Morgan fingerprint density at radius 1 is 1.50 bits per heavy atom. The number of methoxy groups -OCH3 is 1. The summed E-state index contributed by atoms with van der Waals surface area (Å²) < 4.78 is 5.33. The van der Waals surface area contributed by atoms with Crippen molar-refractivity contribution in [2.24, 2.45) is 0 Å². The molecule has 1 aromatic rings. The molecular weight excluding hydrogens is 228 g/mol. The van der Waals surface area contributed by atoms with Crippen molar-refractivity contribution in [3.63, 3.8) is 0 Å². The monoisotopic (exact) mass is 246 g/mol.